The third-order valence-electron chi connectivity index (χ3n) is 4.94. The molecule has 12 heteroatoms. The summed E-state index contributed by atoms with van der Waals surface area (Å²) in [4.78, 5) is 18.7. The van der Waals surface area contributed by atoms with Crippen LogP contribution in [-0.4, -0.2) is 49.1 Å². The topological polar surface area (TPSA) is 96.3 Å². The van der Waals surface area contributed by atoms with Crippen LogP contribution in [0.1, 0.15) is 10.4 Å². The predicted molar refractivity (Wildman–Crippen MR) is 124 cm³/mol. The number of nitrogens with one attached hydrogen (secondary N) is 2. The van der Waals surface area contributed by atoms with E-state index in [4.69, 9.17) is 11.6 Å². The van der Waals surface area contributed by atoms with Crippen LogP contribution in [0.5, 0.6) is 0 Å². The average Bonchev–Trinajstić information content (AvgIpc) is 3.06. The van der Waals surface area contributed by atoms with Crippen LogP contribution < -0.4 is 14.9 Å². The molecule has 8 nitrogen and oxygen atoms in total. The first-order valence-electron chi connectivity index (χ1n) is 9.74. The molecule has 0 atom stereocenters. The molecule has 0 spiro atoms. The van der Waals surface area contributed by atoms with Crippen LogP contribution in [0.25, 0.3) is 11.4 Å². The van der Waals surface area contributed by atoms with Gasteiger partial charge in [0, 0.05) is 35.8 Å². The maximum Gasteiger partial charge on any atom is 0.282 e. The Morgan fingerprint density at radius 2 is 1.85 bits per heavy atom. The number of carbonyl (C=O) groups excluding carboxylic acids is 1. The molecule has 3 aromatic rings. The summed E-state index contributed by atoms with van der Waals surface area (Å²) in [7, 11) is -1.77. The minimum absolute atomic E-state index is 0.214. The lowest BCUT2D eigenvalue weighted by Crippen LogP contribution is -2.56. The lowest BCUT2D eigenvalue weighted by molar-refractivity contribution is -0.0262. The van der Waals surface area contributed by atoms with E-state index in [2.05, 4.69) is 15.0 Å². The molecule has 0 aliphatic carbocycles. The van der Waals surface area contributed by atoms with Gasteiger partial charge in [-0.15, -0.1) is 0 Å². The number of hydrogen-bond acceptors (Lipinski definition) is 5. The molecule has 4 rings (SSSR count). The first-order valence-corrected chi connectivity index (χ1v) is 12.0. The molecule has 0 bridgehead atoms. The van der Waals surface area contributed by atoms with Gasteiger partial charge in [-0.2, -0.15) is 0 Å². The van der Waals surface area contributed by atoms with Crippen molar-refractivity contribution in [1.29, 1.82) is 0 Å². The summed E-state index contributed by atoms with van der Waals surface area (Å²) in [6, 6.07) is 9.36. The van der Waals surface area contributed by atoms with Crippen molar-refractivity contribution in [2.75, 3.05) is 34.3 Å². The third-order valence-corrected chi connectivity index (χ3v) is 5.77. The van der Waals surface area contributed by atoms with E-state index in [1.165, 1.54) is 24.4 Å². The van der Waals surface area contributed by atoms with Gasteiger partial charge in [-0.3, -0.25) is 14.5 Å². The number of benzene rings is 1. The van der Waals surface area contributed by atoms with Gasteiger partial charge < -0.3 is 14.8 Å². The van der Waals surface area contributed by atoms with Crippen molar-refractivity contribution < 1.29 is 22.0 Å². The Bertz CT molecular complexity index is 1340. The SMILES string of the molecule is Cn1cc(C(=O)Nc2cc(Cl)cc(NS(C)(=O)=O)c2)cc1-c1cc(N2CC(F)(F)C2)ccn1. The maximum absolute atomic E-state index is 13.2. The van der Waals surface area contributed by atoms with Gasteiger partial charge in [-0.1, -0.05) is 11.6 Å². The molecule has 33 heavy (non-hydrogen) atoms. The summed E-state index contributed by atoms with van der Waals surface area (Å²) >= 11 is 6.04. The normalized spacial score (nSPS) is 15.1. The van der Waals surface area contributed by atoms with Crippen molar-refractivity contribution in [3.8, 4) is 11.4 Å². The minimum Gasteiger partial charge on any atom is -0.359 e. The number of halogens is 3. The number of aromatic nitrogens is 2. The van der Waals surface area contributed by atoms with Crippen LogP contribution in [0.15, 0.2) is 48.8 Å². The Morgan fingerprint density at radius 3 is 2.52 bits per heavy atom. The fraction of sp³-hybridized carbons (Fsp3) is 0.238. The lowest BCUT2D eigenvalue weighted by Gasteiger charge is -2.40. The van der Waals surface area contributed by atoms with E-state index in [1.807, 2.05) is 0 Å². The van der Waals surface area contributed by atoms with Crippen molar-refractivity contribution in [2.45, 2.75) is 5.92 Å². The monoisotopic (exact) mass is 495 g/mol. The molecular weight excluding hydrogens is 476 g/mol. The van der Waals surface area contributed by atoms with Gasteiger partial charge in [0.2, 0.25) is 10.0 Å². The van der Waals surface area contributed by atoms with E-state index in [9.17, 15) is 22.0 Å². The second kappa shape index (κ2) is 8.31. The Balaban J connectivity index is 1.54. The van der Waals surface area contributed by atoms with Gasteiger partial charge in [0.1, 0.15) is 0 Å². The largest absolute Gasteiger partial charge is 0.359 e. The van der Waals surface area contributed by atoms with Crippen LogP contribution in [0.2, 0.25) is 5.02 Å². The summed E-state index contributed by atoms with van der Waals surface area (Å²) in [6.07, 6.45) is 4.15. The molecule has 2 aromatic heterocycles. The number of carbonyl (C=O) groups is 1. The highest BCUT2D eigenvalue weighted by Gasteiger charge is 2.44. The number of rotatable bonds is 6. The first kappa shape index (κ1) is 23.0. The molecule has 1 aliphatic rings. The van der Waals surface area contributed by atoms with Gasteiger partial charge >= 0.3 is 0 Å². The zero-order valence-corrected chi connectivity index (χ0v) is 19.2. The number of sulfonamides is 1. The van der Waals surface area contributed by atoms with E-state index >= 15 is 0 Å². The highest BCUT2D eigenvalue weighted by Crippen LogP contribution is 2.33. The number of amides is 1. The second-order valence-electron chi connectivity index (χ2n) is 7.89. The lowest BCUT2D eigenvalue weighted by atomic mass is 10.1. The Kier molecular flexibility index (Phi) is 5.79. The summed E-state index contributed by atoms with van der Waals surface area (Å²) < 4.78 is 53.4. The summed E-state index contributed by atoms with van der Waals surface area (Å²) in [5, 5.41) is 2.93. The zero-order chi connectivity index (χ0) is 24.0. The summed E-state index contributed by atoms with van der Waals surface area (Å²) in [5.41, 5.74) is 2.64. The van der Waals surface area contributed by atoms with Crippen molar-refractivity contribution >= 4 is 44.6 Å². The molecule has 3 heterocycles. The molecule has 0 unspecified atom stereocenters. The molecule has 1 aromatic carbocycles. The minimum atomic E-state index is -3.51. The van der Waals surface area contributed by atoms with Gasteiger partial charge in [-0.05, 0) is 36.4 Å². The molecule has 0 radical (unpaired) electrons. The van der Waals surface area contributed by atoms with Gasteiger partial charge in [0.15, 0.2) is 0 Å². The van der Waals surface area contributed by atoms with Crippen LogP contribution in [0, 0.1) is 0 Å². The van der Waals surface area contributed by atoms with Gasteiger partial charge in [0.25, 0.3) is 11.8 Å². The first-order chi connectivity index (χ1) is 15.4. The quantitative estimate of drug-likeness (QED) is 0.542. The van der Waals surface area contributed by atoms with Gasteiger partial charge in [0.05, 0.1) is 42.0 Å². The molecule has 2 N–H and O–H groups in total. The Morgan fingerprint density at radius 1 is 1.15 bits per heavy atom. The molecule has 0 saturated carbocycles. The number of alkyl halides is 2. The van der Waals surface area contributed by atoms with Crippen molar-refractivity contribution in [3.05, 3.63) is 59.4 Å². The van der Waals surface area contributed by atoms with Crippen LogP contribution >= 0.6 is 11.6 Å². The average molecular weight is 496 g/mol. The summed E-state index contributed by atoms with van der Waals surface area (Å²) in [6.45, 7) is -0.680. The van der Waals surface area contributed by atoms with E-state index in [1.54, 1.807) is 40.9 Å². The molecule has 1 amide bonds. The van der Waals surface area contributed by atoms with Crippen molar-refractivity contribution in [1.82, 2.24) is 9.55 Å². The highest BCUT2D eigenvalue weighted by molar-refractivity contribution is 7.92. The number of nitrogens with zero attached hydrogens (tertiary/aromatic N) is 3. The van der Waals surface area contributed by atoms with E-state index < -0.39 is 21.9 Å². The molecule has 174 valence electrons. The Labute approximate surface area is 194 Å². The number of anilines is 3. The molecule has 1 aliphatic heterocycles. The van der Waals surface area contributed by atoms with Crippen LogP contribution in [-0.2, 0) is 17.1 Å². The van der Waals surface area contributed by atoms with Crippen LogP contribution in [0.4, 0.5) is 25.8 Å². The fourth-order valence-corrected chi connectivity index (χ4v) is 4.31. The molecule has 1 fully saturated rings. The third kappa shape index (κ3) is 5.42. The number of aryl methyl sites for hydroxylation is 1. The zero-order valence-electron chi connectivity index (χ0n) is 17.6. The van der Waals surface area contributed by atoms with E-state index in [-0.39, 0.29) is 23.8 Å². The number of pyridine rings is 1. The van der Waals surface area contributed by atoms with E-state index in [0.29, 0.717) is 28.3 Å². The smallest absolute Gasteiger partial charge is 0.282 e. The second-order valence-corrected chi connectivity index (χ2v) is 10.1. The van der Waals surface area contributed by atoms with Crippen LogP contribution in [0.3, 0.4) is 0 Å². The predicted octanol–water partition coefficient (Wildman–Crippen LogP) is 3.82. The molecule has 1 saturated heterocycles. The molecular formula is C21H20ClF2N5O3S. The number of hydrogen-bond donors (Lipinski definition) is 2. The maximum atomic E-state index is 13.2. The summed E-state index contributed by atoms with van der Waals surface area (Å²) in [5.74, 6) is -3.13. The van der Waals surface area contributed by atoms with E-state index in [0.717, 1.165) is 6.26 Å². The fourth-order valence-electron chi connectivity index (χ4n) is 3.53. The standard InChI is InChI=1S/C21H20ClF2N5O3S/c1-28-10-13(20(30)26-15-6-14(22)7-16(8-15)27-33(2,31)32)5-19(28)18-9-17(3-4-25-18)29-11-21(23,24)12-29/h3-10,27H,11-12H2,1-2H3,(H,26,30). The van der Waals surface area contributed by atoms with Crippen molar-refractivity contribution in [2.24, 2.45) is 7.05 Å². The highest BCUT2D eigenvalue weighted by atomic mass is 35.5. The van der Waals surface area contributed by atoms with Gasteiger partial charge in [-0.25, -0.2) is 17.2 Å². The Hall–Kier alpha value is -3.18. The van der Waals surface area contributed by atoms with Crippen molar-refractivity contribution in [3.63, 3.8) is 0 Å².